The molecule has 5 nitrogen and oxygen atoms in total. The highest BCUT2D eigenvalue weighted by atomic mass is 79.9. The van der Waals surface area contributed by atoms with Crippen LogP contribution in [0.4, 0.5) is 5.69 Å². The van der Waals surface area contributed by atoms with Crippen LogP contribution in [0.1, 0.15) is 11.1 Å². The zero-order chi connectivity index (χ0) is 15.4. The molecule has 0 aliphatic carbocycles. The highest BCUT2D eigenvalue weighted by molar-refractivity contribution is 9.11. The zero-order valence-corrected chi connectivity index (χ0v) is 13.7. The van der Waals surface area contributed by atoms with Gasteiger partial charge in [-0.05, 0) is 38.5 Å². The van der Waals surface area contributed by atoms with E-state index in [1.54, 1.807) is 35.4 Å². The van der Waals surface area contributed by atoms with Crippen LogP contribution < -0.4 is 0 Å². The second-order valence-electron chi connectivity index (χ2n) is 4.61. The van der Waals surface area contributed by atoms with Crippen molar-refractivity contribution in [2.75, 3.05) is 7.05 Å². The van der Waals surface area contributed by atoms with Gasteiger partial charge in [-0.2, -0.15) is 0 Å². The first kappa shape index (κ1) is 15.7. The third-order valence-corrected chi connectivity index (χ3v) is 4.52. The van der Waals surface area contributed by atoms with E-state index in [-0.39, 0.29) is 18.0 Å². The van der Waals surface area contributed by atoms with Crippen molar-refractivity contribution in [2.45, 2.75) is 13.0 Å². The third kappa shape index (κ3) is 4.37. The summed E-state index contributed by atoms with van der Waals surface area (Å²) in [5, 5.41) is 12.6. The number of hydrogen-bond donors (Lipinski definition) is 0. The Hall–Kier alpha value is -1.73. The summed E-state index contributed by atoms with van der Waals surface area (Å²) in [6, 6.07) is 8.05. The lowest BCUT2D eigenvalue weighted by Crippen LogP contribution is -2.27. The minimum atomic E-state index is -0.452. The molecule has 7 heteroatoms. The fourth-order valence-corrected chi connectivity index (χ4v) is 3.04. The molecule has 2 rings (SSSR count). The van der Waals surface area contributed by atoms with Crippen molar-refractivity contribution >= 4 is 38.9 Å². The van der Waals surface area contributed by atoms with Crippen molar-refractivity contribution < 1.29 is 9.72 Å². The van der Waals surface area contributed by atoms with Gasteiger partial charge in [0, 0.05) is 25.7 Å². The number of non-ortho nitro benzene ring substituents is 1. The molecule has 0 N–H and O–H groups in total. The fourth-order valence-electron chi connectivity index (χ4n) is 1.84. The largest absolute Gasteiger partial charge is 0.341 e. The summed E-state index contributed by atoms with van der Waals surface area (Å²) in [6.45, 7) is 0.550. The Kier molecular flexibility index (Phi) is 5.08. The molecule has 110 valence electrons. The Morgan fingerprint density at radius 1 is 1.33 bits per heavy atom. The quantitative estimate of drug-likeness (QED) is 0.597. The Labute approximate surface area is 134 Å². The van der Waals surface area contributed by atoms with E-state index in [1.165, 1.54) is 12.1 Å². The van der Waals surface area contributed by atoms with Gasteiger partial charge in [-0.25, -0.2) is 0 Å². The van der Waals surface area contributed by atoms with Crippen LogP contribution in [0, 0.1) is 10.1 Å². The Morgan fingerprint density at radius 2 is 2.00 bits per heavy atom. The lowest BCUT2D eigenvalue weighted by Gasteiger charge is -2.16. The zero-order valence-electron chi connectivity index (χ0n) is 11.3. The second kappa shape index (κ2) is 6.82. The maximum atomic E-state index is 12.1. The molecule has 1 aromatic carbocycles. The van der Waals surface area contributed by atoms with E-state index in [4.69, 9.17) is 0 Å². The summed E-state index contributed by atoms with van der Waals surface area (Å²) < 4.78 is 1.04. The number of nitrogens with zero attached hydrogens (tertiary/aromatic N) is 2. The smallest absolute Gasteiger partial charge is 0.269 e. The monoisotopic (exact) mass is 368 g/mol. The highest BCUT2D eigenvalue weighted by Gasteiger charge is 2.12. The number of rotatable bonds is 5. The number of thiophene rings is 1. The van der Waals surface area contributed by atoms with Gasteiger partial charge in [0.2, 0.25) is 5.91 Å². The van der Waals surface area contributed by atoms with Crippen molar-refractivity contribution in [3.05, 3.63) is 60.7 Å². The third-order valence-electron chi connectivity index (χ3n) is 2.97. The van der Waals surface area contributed by atoms with Gasteiger partial charge < -0.3 is 4.90 Å². The van der Waals surface area contributed by atoms with Gasteiger partial charge in [-0.15, -0.1) is 11.3 Å². The van der Waals surface area contributed by atoms with Gasteiger partial charge in [0.15, 0.2) is 0 Å². The van der Waals surface area contributed by atoms with Gasteiger partial charge in [0.1, 0.15) is 0 Å². The molecule has 1 heterocycles. The lowest BCUT2D eigenvalue weighted by molar-refractivity contribution is -0.384. The molecule has 1 aromatic heterocycles. The minimum absolute atomic E-state index is 0.0221. The molecular formula is C14H13BrN2O3S. The maximum absolute atomic E-state index is 12.1. The number of likely N-dealkylation sites (N-methyl/N-ethyl adjacent to an activating group) is 1. The molecule has 0 aliphatic heterocycles. The second-order valence-corrected chi connectivity index (χ2v) is 6.90. The molecule has 0 bridgehead atoms. The molecule has 0 saturated heterocycles. The first-order valence-corrected chi connectivity index (χ1v) is 7.83. The van der Waals surface area contributed by atoms with Crippen LogP contribution in [0.25, 0.3) is 0 Å². The van der Waals surface area contributed by atoms with Crippen LogP contribution in [0.2, 0.25) is 0 Å². The summed E-state index contributed by atoms with van der Waals surface area (Å²) in [5.74, 6) is -0.0221. The number of carbonyl (C=O) groups is 1. The molecule has 1 amide bonds. The van der Waals surface area contributed by atoms with Gasteiger partial charge >= 0.3 is 0 Å². The molecule has 21 heavy (non-hydrogen) atoms. The summed E-state index contributed by atoms with van der Waals surface area (Å²) in [4.78, 5) is 23.9. The first-order valence-electron chi connectivity index (χ1n) is 6.16. The molecule has 2 aromatic rings. The van der Waals surface area contributed by atoms with Gasteiger partial charge in [-0.3, -0.25) is 14.9 Å². The highest BCUT2D eigenvalue weighted by Crippen LogP contribution is 2.21. The Bertz CT molecular complexity index is 654. The minimum Gasteiger partial charge on any atom is -0.341 e. The Morgan fingerprint density at radius 3 is 2.52 bits per heavy atom. The SMILES string of the molecule is CN(Cc1csc(Br)c1)C(=O)Cc1ccc([N+](=O)[O-])cc1. The maximum Gasteiger partial charge on any atom is 0.269 e. The number of benzene rings is 1. The van der Waals surface area contributed by atoms with E-state index >= 15 is 0 Å². The summed E-state index contributed by atoms with van der Waals surface area (Å²) in [6.07, 6.45) is 0.236. The predicted molar refractivity (Wildman–Crippen MR) is 85.3 cm³/mol. The summed E-state index contributed by atoms with van der Waals surface area (Å²) in [7, 11) is 1.75. The van der Waals surface area contributed by atoms with E-state index in [2.05, 4.69) is 15.9 Å². The number of carbonyl (C=O) groups excluding carboxylic acids is 1. The van der Waals surface area contributed by atoms with Gasteiger partial charge in [-0.1, -0.05) is 12.1 Å². The molecule has 0 spiro atoms. The number of nitro groups is 1. The van der Waals surface area contributed by atoms with Crippen LogP contribution in [0.15, 0.2) is 39.5 Å². The summed E-state index contributed by atoms with van der Waals surface area (Å²) in [5.41, 5.74) is 1.87. The molecule has 0 saturated carbocycles. The molecule has 0 unspecified atom stereocenters. The summed E-state index contributed by atoms with van der Waals surface area (Å²) >= 11 is 4.97. The lowest BCUT2D eigenvalue weighted by atomic mass is 10.1. The van der Waals surface area contributed by atoms with Crippen LogP contribution in [0.5, 0.6) is 0 Å². The predicted octanol–water partition coefficient (Wildman–Crippen LogP) is 3.62. The number of amides is 1. The van der Waals surface area contributed by atoms with Crippen molar-refractivity contribution in [3.8, 4) is 0 Å². The molecule has 0 aliphatic rings. The van der Waals surface area contributed by atoms with Crippen LogP contribution in [-0.2, 0) is 17.8 Å². The van der Waals surface area contributed by atoms with E-state index < -0.39 is 4.92 Å². The number of hydrogen-bond acceptors (Lipinski definition) is 4. The van der Waals surface area contributed by atoms with E-state index in [1.807, 2.05) is 11.4 Å². The standard InChI is InChI=1S/C14H13BrN2O3S/c1-16(8-11-6-13(15)21-9-11)14(18)7-10-2-4-12(5-3-10)17(19)20/h2-6,9H,7-8H2,1H3. The van der Waals surface area contributed by atoms with E-state index in [0.717, 1.165) is 14.9 Å². The molecule has 0 fully saturated rings. The molecular weight excluding hydrogens is 356 g/mol. The number of halogens is 1. The van der Waals surface area contributed by atoms with Gasteiger partial charge in [0.05, 0.1) is 15.1 Å². The Balaban J connectivity index is 1.95. The van der Waals surface area contributed by atoms with Gasteiger partial charge in [0.25, 0.3) is 5.69 Å². The first-order chi connectivity index (χ1) is 9.95. The van der Waals surface area contributed by atoms with E-state index in [9.17, 15) is 14.9 Å². The van der Waals surface area contributed by atoms with Crippen LogP contribution in [0.3, 0.4) is 0 Å². The van der Waals surface area contributed by atoms with E-state index in [0.29, 0.717) is 6.54 Å². The van der Waals surface area contributed by atoms with Crippen molar-refractivity contribution in [1.29, 1.82) is 0 Å². The fraction of sp³-hybridized carbons (Fsp3) is 0.214. The molecule has 0 radical (unpaired) electrons. The van der Waals surface area contributed by atoms with Crippen molar-refractivity contribution in [3.63, 3.8) is 0 Å². The normalized spacial score (nSPS) is 10.4. The topological polar surface area (TPSA) is 63.5 Å². The average molecular weight is 369 g/mol. The number of nitro benzene ring substituents is 1. The van der Waals surface area contributed by atoms with Crippen molar-refractivity contribution in [1.82, 2.24) is 4.90 Å². The van der Waals surface area contributed by atoms with Crippen molar-refractivity contribution in [2.24, 2.45) is 0 Å². The van der Waals surface area contributed by atoms with Crippen LogP contribution >= 0.6 is 27.3 Å². The van der Waals surface area contributed by atoms with Crippen LogP contribution in [-0.4, -0.2) is 22.8 Å². The molecule has 0 atom stereocenters. The average Bonchev–Trinajstić information content (AvgIpc) is 2.84.